The van der Waals surface area contributed by atoms with Crippen molar-refractivity contribution in [3.05, 3.63) is 102 Å². The summed E-state index contributed by atoms with van der Waals surface area (Å²) in [5.41, 5.74) is 9.52. The predicted molar refractivity (Wildman–Crippen MR) is 158 cm³/mol. The van der Waals surface area contributed by atoms with Crippen LogP contribution in [0.3, 0.4) is 0 Å². The molecule has 0 aliphatic rings. The molecule has 186 valence electrons. The van der Waals surface area contributed by atoms with Crippen LogP contribution >= 0.6 is 11.3 Å². The van der Waals surface area contributed by atoms with Crippen LogP contribution in [0.2, 0.25) is 0 Å². The highest BCUT2D eigenvalue weighted by Gasteiger charge is 2.16. The highest BCUT2D eigenvalue weighted by Crippen LogP contribution is 2.35. The Labute approximate surface area is 221 Å². The molecule has 0 saturated carbocycles. The van der Waals surface area contributed by atoms with Gasteiger partial charge in [0.15, 0.2) is 0 Å². The maximum atomic E-state index is 5.03. The Kier molecular flexibility index (Phi) is 7.19. The normalized spacial score (nSPS) is 12.4. The van der Waals surface area contributed by atoms with E-state index in [-0.39, 0.29) is 0 Å². The average Bonchev–Trinajstić information content (AvgIpc) is 3.68. The molecule has 1 aromatic carbocycles. The number of thiophene rings is 1. The van der Waals surface area contributed by atoms with Crippen LogP contribution in [-0.2, 0) is 0 Å². The third-order valence-corrected chi connectivity index (χ3v) is 7.31. The fraction of sp³-hybridized carbons (Fsp3) is 0.161. The van der Waals surface area contributed by atoms with E-state index in [9.17, 15) is 0 Å². The predicted octanol–water partition coefficient (Wildman–Crippen LogP) is 8.60. The quantitative estimate of drug-likeness (QED) is 0.166. The van der Waals surface area contributed by atoms with Gasteiger partial charge in [0.05, 0.1) is 16.9 Å². The average molecular weight is 506 g/mol. The number of unbranched alkanes of at least 4 members (excludes halogenated alkanes) is 1. The molecule has 0 aliphatic heterocycles. The molecule has 0 aliphatic carbocycles. The van der Waals surface area contributed by atoms with E-state index < -0.39 is 0 Å². The third kappa shape index (κ3) is 5.06. The first-order valence-electron chi connectivity index (χ1n) is 12.6. The number of allylic oxidation sites excluding steroid dienone is 5. The van der Waals surface area contributed by atoms with Crippen LogP contribution in [0.1, 0.15) is 38.8 Å². The lowest BCUT2D eigenvalue weighted by molar-refractivity contribution is 0.751. The van der Waals surface area contributed by atoms with Crippen molar-refractivity contribution in [1.29, 1.82) is 0 Å². The van der Waals surface area contributed by atoms with Crippen molar-refractivity contribution in [3.8, 4) is 21.8 Å². The topological polar surface area (TPSA) is 69.4 Å². The second kappa shape index (κ2) is 10.8. The maximum Gasteiger partial charge on any atom is 0.135 e. The first kappa shape index (κ1) is 24.5. The fourth-order valence-corrected chi connectivity index (χ4v) is 5.22. The van der Waals surface area contributed by atoms with Gasteiger partial charge in [-0.2, -0.15) is 5.10 Å². The number of aromatic amines is 2. The lowest BCUT2D eigenvalue weighted by Gasteiger charge is -2.11. The number of H-pyrrole nitrogens is 2. The first-order chi connectivity index (χ1) is 18.1. The molecule has 0 amide bonds. The Morgan fingerprint density at radius 2 is 2.03 bits per heavy atom. The molecule has 0 saturated heterocycles. The van der Waals surface area contributed by atoms with Crippen molar-refractivity contribution in [2.24, 2.45) is 0 Å². The van der Waals surface area contributed by atoms with Gasteiger partial charge in [-0.15, -0.1) is 11.3 Å². The van der Waals surface area contributed by atoms with Gasteiger partial charge in [0.2, 0.25) is 0 Å². The molecular weight excluding hydrogens is 474 g/mol. The Morgan fingerprint density at radius 1 is 1.14 bits per heavy atom. The summed E-state index contributed by atoms with van der Waals surface area (Å²) in [5.74, 6) is 0. The van der Waals surface area contributed by atoms with Crippen LogP contribution in [0.5, 0.6) is 0 Å². The number of nitrogens with one attached hydrogen (secondary N) is 3. The molecule has 37 heavy (non-hydrogen) atoms. The number of nitrogens with zero attached hydrogens (tertiary/aromatic N) is 2. The molecule has 5 rings (SSSR count). The van der Waals surface area contributed by atoms with Gasteiger partial charge < -0.3 is 10.3 Å². The summed E-state index contributed by atoms with van der Waals surface area (Å²) in [6.07, 6.45) is 9.12. The highest BCUT2D eigenvalue weighted by molar-refractivity contribution is 7.13. The second-order valence-electron chi connectivity index (χ2n) is 8.97. The van der Waals surface area contributed by atoms with Gasteiger partial charge in [0.25, 0.3) is 0 Å². The van der Waals surface area contributed by atoms with Crippen molar-refractivity contribution < 1.29 is 0 Å². The number of fused-ring (bicyclic) bond motifs is 2. The minimum atomic E-state index is 0.805. The highest BCUT2D eigenvalue weighted by atomic mass is 32.1. The molecule has 0 atom stereocenters. The Balaban J connectivity index is 1.51. The van der Waals surface area contributed by atoms with Crippen LogP contribution in [0.15, 0.2) is 96.7 Å². The molecule has 0 bridgehead atoms. The molecule has 5 nitrogen and oxygen atoms in total. The molecule has 0 spiro atoms. The number of benzene rings is 1. The summed E-state index contributed by atoms with van der Waals surface area (Å²) in [6, 6.07) is 16.8. The number of rotatable bonds is 10. The Bertz CT molecular complexity index is 1630. The van der Waals surface area contributed by atoms with Crippen molar-refractivity contribution in [1.82, 2.24) is 25.5 Å². The van der Waals surface area contributed by atoms with E-state index in [1.807, 2.05) is 25.1 Å². The summed E-state index contributed by atoms with van der Waals surface area (Å²) in [7, 11) is 0. The molecule has 4 aromatic heterocycles. The lowest BCUT2D eigenvalue weighted by Crippen LogP contribution is -2.10. The van der Waals surface area contributed by atoms with Gasteiger partial charge >= 0.3 is 0 Å². The van der Waals surface area contributed by atoms with Crippen molar-refractivity contribution in [3.63, 3.8) is 0 Å². The van der Waals surface area contributed by atoms with Gasteiger partial charge in [-0.25, -0.2) is 4.98 Å². The van der Waals surface area contributed by atoms with E-state index in [1.165, 1.54) is 15.8 Å². The first-order valence-corrected chi connectivity index (χ1v) is 13.5. The zero-order valence-electron chi connectivity index (χ0n) is 21.3. The Morgan fingerprint density at radius 3 is 2.78 bits per heavy atom. The van der Waals surface area contributed by atoms with Gasteiger partial charge in [0, 0.05) is 32.7 Å². The fourth-order valence-electron chi connectivity index (χ4n) is 4.45. The molecule has 0 radical (unpaired) electrons. The SMILES string of the molecule is C=C/C(=C\C(=C/C)c1ccc2[nH]nc(-c3cc4c(-c5cccs5)cccc4[nH]3)c2n1)NC(=C)CCCC. The summed E-state index contributed by atoms with van der Waals surface area (Å²) in [6.45, 7) is 12.3. The Hall–Kier alpha value is -4.16. The van der Waals surface area contributed by atoms with E-state index in [2.05, 4.69) is 94.5 Å². The number of aromatic nitrogens is 4. The van der Waals surface area contributed by atoms with Crippen LogP contribution in [0, 0.1) is 0 Å². The van der Waals surface area contributed by atoms with Crippen molar-refractivity contribution in [2.75, 3.05) is 0 Å². The van der Waals surface area contributed by atoms with Crippen molar-refractivity contribution >= 4 is 38.8 Å². The maximum absolute atomic E-state index is 5.03. The number of pyridine rings is 1. The van der Waals surface area contributed by atoms with Crippen LogP contribution in [0.4, 0.5) is 0 Å². The molecule has 6 heteroatoms. The molecule has 3 N–H and O–H groups in total. The molecule has 5 aromatic rings. The van der Waals surface area contributed by atoms with E-state index in [4.69, 9.17) is 4.98 Å². The standard InChI is InChI=1S/C31H31N5S/c1-5-8-11-20(4)32-22(7-3)18-21(6-2)25-15-16-27-30(34-25)31(36-35-27)28-19-24-23(29-14-10-17-37-29)12-9-13-26(24)33-28/h6-7,9-10,12-19,32-33H,3-5,8,11H2,1-2H3,(H,35,36)/b21-6+,22-18+. The van der Waals surface area contributed by atoms with Crippen LogP contribution in [0.25, 0.3) is 49.3 Å². The van der Waals surface area contributed by atoms with E-state index >= 15 is 0 Å². The van der Waals surface area contributed by atoms with E-state index in [0.29, 0.717) is 0 Å². The van der Waals surface area contributed by atoms with Gasteiger partial charge in [-0.05, 0) is 73.2 Å². The zero-order valence-corrected chi connectivity index (χ0v) is 22.1. The number of hydrogen-bond donors (Lipinski definition) is 3. The van der Waals surface area contributed by atoms with Crippen molar-refractivity contribution in [2.45, 2.75) is 33.1 Å². The van der Waals surface area contributed by atoms with Gasteiger partial charge in [0.1, 0.15) is 11.2 Å². The van der Waals surface area contributed by atoms with Gasteiger partial charge in [-0.1, -0.05) is 50.8 Å². The third-order valence-electron chi connectivity index (χ3n) is 6.40. The number of hydrogen-bond acceptors (Lipinski definition) is 4. The molecule has 0 fully saturated rings. The van der Waals surface area contributed by atoms with Gasteiger partial charge in [-0.3, -0.25) is 5.10 Å². The molecular formula is C31H31N5S. The molecule has 0 unspecified atom stereocenters. The smallest absolute Gasteiger partial charge is 0.135 e. The summed E-state index contributed by atoms with van der Waals surface area (Å²) >= 11 is 1.74. The lowest BCUT2D eigenvalue weighted by atomic mass is 10.1. The van der Waals surface area contributed by atoms with E-state index in [0.717, 1.165) is 69.9 Å². The van der Waals surface area contributed by atoms with Crippen LogP contribution in [-0.4, -0.2) is 20.2 Å². The minimum absolute atomic E-state index is 0.805. The summed E-state index contributed by atoms with van der Waals surface area (Å²) in [4.78, 5) is 9.84. The summed E-state index contributed by atoms with van der Waals surface area (Å²) < 4.78 is 0. The minimum Gasteiger partial charge on any atom is -0.359 e. The van der Waals surface area contributed by atoms with E-state index in [1.54, 1.807) is 11.3 Å². The largest absolute Gasteiger partial charge is 0.359 e. The summed E-state index contributed by atoms with van der Waals surface area (Å²) in [5, 5.41) is 14.5. The monoisotopic (exact) mass is 505 g/mol. The second-order valence-corrected chi connectivity index (χ2v) is 9.92. The molecule has 4 heterocycles. The van der Waals surface area contributed by atoms with Crippen LogP contribution < -0.4 is 5.32 Å². The zero-order chi connectivity index (χ0) is 25.8.